The van der Waals surface area contributed by atoms with E-state index in [0.717, 1.165) is 11.8 Å². The minimum Gasteiger partial charge on any atom is -0.495 e. The van der Waals surface area contributed by atoms with E-state index in [1.54, 1.807) is 24.3 Å². The first-order valence-corrected chi connectivity index (χ1v) is 11.3. The Morgan fingerprint density at radius 2 is 1.97 bits per heavy atom. The molecule has 0 aliphatic rings. The Bertz CT molecular complexity index is 1180. The molecular formula is C22H24N6O5S. The number of nitrogens with one attached hydrogen (secondary N) is 3. The van der Waals surface area contributed by atoms with Crippen LogP contribution < -0.4 is 15.4 Å². The smallest absolute Gasteiger partial charge is 0.270 e. The minimum absolute atomic E-state index is 0.0534. The third-order valence-corrected chi connectivity index (χ3v) is 5.61. The van der Waals surface area contributed by atoms with E-state index in [2.05, 4.69) is 25.8 Å². The summed E-state index contributed by atoms with van der Waals surface area (Å²) in [6, 6.07) is 12.1. The molecule has 11 nitrogen and oxygen atoms in total. The molecule has 3 aromatic rings. The molecule has 0 aliphatic heterocycles. The highest BCUT2D eigenvalue weighted by atomic mass is 32.2. The highest BCUT2D eigenvalue weighted by molar-refractivity contribution is 7.99. The molecule has 3 rings (SSSR count). The van der Waals surface area contributed by atoms with E-state index in [0.29, 0.717) is 22.4 Å². The molecule has 0 aliphatic carbocycles. The van der Waals surface area contributed by atoms with Crippen molar-refractivity contribution in [2.45, 2.75) is 25.0 Å². The van der Waals surface area contributed by atoms with Crippen LogP contribution in [0.2, 0.25) is 0 Å². The van der Waals surface area contributed by atoms with Crippen LogP contribution in [-0.4, -0.2) is 44.8 Å². The van der Waals surface area contributed by atoms with E-state index >= 15 is 0 Å². The van der Waals surface area contributed by atoms with E-state index in [1.807, 2.05) is 13.8 Å². The first kappa shape index (κ1) is 24.7. The zero-order valence-electron chi connectivity index (χ0n) is 18.8. The molecule has 0 bridgehead atoms. The van der Waals surface area contributed by atoms with Crippen LogP contribution in [0.25, 0.3) is 0 Å². The quantitative estimate of drug-likeness (QED) is 0.224. The second-order valence-corrected chi connectivity index (χ2v) is 8.49. The lowest BCUT2D eigenvalue weighted by molar-refractivity contribution is -0.384. The number of thioether (sulfide) groups is 1. The van der Waals surface area contributed by atoms with Crippen molar-refractivity contribution in [2.75, 3.05) is 18.2 Å². The number of H-pyrrole nitrogens is 1. The van der Waals surface area contributed by atoms with Crippen LogP contribution in [0.15, 0.2) is 53.7 Å². The normalized spacial score (nSPS) is 11.6. The number of benzene rings is 2. The summed E-state index contributed by atoms with van der Waals surface area (Å²) in [5.74, 6) is 0.273. The van der Waals surface area contributed by atoms with Gasteiger partial charge >= 0.3 is 0 Å². The number of nitrogens with zero attached hydrogens (tertiary/aromatic N) is 3. The number of aromatic nitrogens is 3. The summed E-state index contributed by atoms with van der Waals surface area (Å²) in [5.41, 5.74) is 0.565. The van der Waals surface area contributed by atoms with Crippen molar-refractivity contribution < 1.29 is 19.2 Å². The molecule has 178 valence electrons. The molecule has 2 amide bonds. The summed E-state index contributed by atoms with van der Waals surface area (Å²) in [6.45, 7) is 3.79. The van der Waals surface area contributed by atoms with Crippen LogP contribution in [0.3, 0.4) is 0 Å². The summed E-state index contributed by atoms with van der Waals surface area (Å²) in [5, 5.41) is 23.9. The van der Waals surface area contributed by atoms with Gasteiger partial charge in [-0.2, -0.15) is 0 Å². The molecule has 0 unspecified atom stereocenters. The van der Waals surface area contributed by atoms with Crippen LogP contribution in [0.4, 0.5) is 11.4 Å². The lowest BCUT2D eigenvalue weighted by Crippen LogP contribution is -2.32. The highest BCUT2D eigenvalue weighted by Gasteiger charge is 2.24. The Kier molecular flexibility index (Phi) is 8.19. The molecule has 12 heteroatoms. The summed E-state index contributed by atoms with van der Waals surface area (Å²) < 4.78 is 5.22. The fourth-order valence-electron chi connectivity index (χ4n) is 3.06. The number of hydrogen-bond acceptors (Lipinski definition) is 8. The molecule has 3 N–H and O–H groups in total. The van der Waals surface area contributed by atoms with Crippen LogP contribution in [-0.2, 0) is 4.79 Å². The number of para-hydroxylation sites is 2. The number of methoxy groups -OCH3 is 1. The van der Waals surface area contributed by atoms with Gasteiger partial charge < -0.3 is 15.4 Å². The standard InChI is InChI=1S/C22H24N6O5S/c1-13(2)19(24-21(30)14-7-6-8-15(11-14)28(31)32)20-25-22(27-26-20)34-12-18(29)23-16-9-4-5-10-17(16)33-3/h4-11,13,19H,12H2,1-3H3,(H,23,29)(H,24,30)(H,25,26,27)/t19-/m1/s1. The number of hydrogen-bond donors (Lipinski definition) is 3. The number of anilines is 1. The van der Waals surface area contributed by atoms with Gasteiger partial charge in [0.2, 0.25) is 11.1 Å². The predicted molar refractivity (Wildman–Crippen MR) is 127 cm³/mol. The van der Waals surface area contributed by atoms with Crippen molar-refractivity contribution in [1.29, 1.82) is 0 Å². The molecule has 1 atom stereocenters. The van der Waals surface area contributed by atoms with Crippen molar-refractivity contribution in [3.63, 3.8) is 0 Å². The Labute approximate surface area is 199 Å². The fraction of sp³-hybridized carbons (Fsp3) is 0.273. The molecular weight excluding hydrogens is 460 g/mol. The zero-order valence-corrected chi connectivity index (χ0v) is 19.6. The van der Waals surface area contributed by atoms with Crippen molar-refractivity contribution in [3.8, 4) is 5.75 Å². The molecule has 2 aromatic carbocycles. The van der Waals surface area contributed by atoms with E-state index in [1.165, 1.54) is 31.4 Å². The van der Waals surface area contributed by atoms with E-state index in [-0.39, 0.29) is 28.8 Å². The lowest BCUT2D eigenvalue weighted by atomic mass is 10.0. The Morgan fingerprint density at radius 3 is 2.68 bits per heavy atom. The maximum absolute atomic E-state index is 12.7. The van der Waals surface area contributed by atoms with Crippen LogP contribution in [0.5, 0.6) is 5.75 Å². The van der Waals surface area contributed by atoms with Gasteiger partial charge in [-0.15, -0.1) is 5.10 Å². The number of aromatic amines is 1. The molecule has 34 heavy (non-hydrogen) atoms. The zero-order chi connectivity index (χ0) is 24.7. The van der Waals surface area contributed by atoms with Gasteiger partial charge in [0.1, 0.15) is 11.6 Å². The van der Waals surface area contributed by atoms with Crippen LogP contribution in [0.1, 0.15) is 36.1 Å². The minimum atomic E-state index is -0.555. The number of nitro groups is 1. The first-order valence-electron chi connectivity index (χ1n) is 10.3. The molecule has 0 saturated carbocycles. The Hall–Kier alpha value is -3.93. The van der Waals surface area contributed by atoms with Gasteiger partial charge in [0, 0.05) is 17.7 Å². The van der Waals surface area contributed by atoms with Crippen molar-refractivity contribution in [3.05, 3.63) is 70.0 Å². The predicted octanol–water partition coefficient (Wildman–Crippen LogP) is 3.58. The van der Waals surface area contributed by atoms with Crippen molar-refractivity contribution in [2.24, 2.45) is 5.92 Å². The average molecular weight is 485 g/mol. The molecule has 0 saturated heterocycles. The molecule has 0 spiro atoms. The van der Waals surface area contributed by atoms with Crippen LogP contribution in [0, 0.1) is 16.0 Å². The number of non-ortho nitro benzene ring substituents is 1. The number of amides is 2. The van der Waals surface area contributed by atoms with Gasteiger partial charge in [-0.05, 0) is 24.1 Å². The molecule has 0 radical (unpaired) electrons. The SMILES string of the molecule is COc1ccccc1NC(=O)CSc1n[nH]c([C@H](NC(=O)c2cccc([N+](=O)[O-])c2)C(C)C)n1. The summed E-state index contributed by atoms with van der Waals surface area (Å²) in [7, 11) is 1.53. The van der Waals surface area contributed by atoms with E-state index in [9.17, 15) is 19.7 Å². The van der Waals surface area contributed by atoms with Gasteiger partial charge in [-0.3, -0.25) is 24.8 Å². The maximum Gasteiger partial charge on any atom is 0.270 e. The number of carbonyl (C=O) groups is 2. The second kappa shape index (κ2) is 11.3. The molecule has 1 aromatic heterocycles. The summed E-state index contributed by atoms with van der Waals surface area (Å²) >= 11 is 1.14. The van der Waals surface area contributed by atoms with Gasteiger partial charge in [0.25, 0.3) is 11.6 Å². The number of rotatable bonds is 10. The third-order valence-electron chi connectivity index (χ3n) is 4.76. The summed E-state index contributed by atoms with van der Waals surface area (Å²) in [4.78, 5) is 39.9. The van der Waals surface area contributed by atoms with Crippen molar-refractivity contribution in [1.82, 2.24) is 20.5 Å². The number of nitro benzene ring substituents is 1. The number of carbonyl (C=O) groups excluding carboxylic acids is 2. The van der Waals surface area contributed by atoms with Gasteiger partial charge in [-0.25, -0.2) is 4.98 Å². The third kappa shape index (κ3) is 6.32. The largest absolute Gasteiger partial charge is 0.495 e. The maximum atomic E-state index is 12.7. The van der Waals surface area contributed by atoms with Crippen molar-refractivity contribution >= 4 is 35.0 Å². The van der Waals surface area contributed by atoms with Gasteiger partial charge in [-0.1, -0.05) is 43.8 Å². The fourth-order valence-corrected chi connectivity index (χ4v) is 3.67. The van der Waals surface area contributed by atoms with Gasteiger partial charge in [0.15, 0.2) is 0 Å². The van der Waals surface area contributed by atoms with E-state index < -0.39 is 16.9 Å². The molecule has 1 heterocycles. The average Bonchev–Trinajstić information content (AvgIpc) is 3.30. The number of ether oxygens (including phenoxy) is 1. The Balaban J connectivity index is 1.63. The first-order chi connectivity index (χ1) is 16.3. The van der Waals surface area contributed by atoms with Crippen LogP contribution >= 0.6 is 11.8 Å². The van der Waals surface area contributed by atoms with E-state index in [4.69, 9.17) is 4.74 Å². The monoisotopic (exact) mass is 484 g/mol. The lowest BCUT2D eigenvalue weighted by Gasteiger charge is -2.19. The summed E-state index contributed by atoms with van der Waals surface area (Å²) in [6.07, 6.45) is 0. The highest BCUT2D eigenvalue weighted by Crippen LogP contribution is 2.25. The molecule has 0 fully saturated rings. The van der Waals surface area contributed by atoms with Gasteiger partial charge in [0.05, 0.1) is 29.5 Å². The second-order valence-electron chi connectivity index (χ2n) is 7.54. The topological polar surface area (TPSA) is 152 Å². The Morgan fingerprint density at radius 1 is 1.21 bits per heavy atom.